The Hall–Kier alpha value is -2.27. The topological polar surface area (TPSA) is 55.3 Å². The summed E-state index contributed by atoms with van der Waals surface area (Å²) < 4.78 is 5.14. The Bertz CT molecular complexity index is 645. The number of carbonyl (C=O) groups is 1. The molecule has 0 bridgehead atoms. The van der Waals surface area contributed by atoms with Gasteiger partial charge in [-0.05, 0) is 30.5 Å². The Labute approximate surface area is 130 Å². The van der Waals surface area contributed by atoms with Crippen LogP contribution in [0.25, 0.3) is 0 Å². The molecule has 1 aliphatic rings. The largest absolute Gasteiger partial charge is 0.380 e. The molecule has 1 aromatic carbocycles. The number of likely N-dealkylation sites (tertiary alicyclic amines) is 1. The zero-order chi connectivity index (χ0) is 15.4. The Morgan fingerprint density at radius 1 is 1.41 bits per heavy atom. The van der Waals surface area contributed by atoms with Gasteiger partial charge in [0.05, 0.1) is 24.5 Å². The number of methoxy groups -OCH3 is 1. The molecule has 5 heteroatoms. The molecule has 1 aromatic heterocycles. The lowest BCUT2D eigenvalue weighted by molar-refractivity contribution is 0.0732. The van der Waals surface area contributed by atoms with Crippen LogP contribution >= 0.6 is 0 Å². The molecule has 2 heterocycles. The first-order chi connectivity index (χ1) is 10.8. The molecule has 0 saturated carbocycles. The highest BCUT2D eigenvalue weighted by atomic mass is 16.5. The van der Waals surface area contributed by atoms with Crippen LogP contribution in [0.5, 0.6) is 0 Å². The van der Waals surface area contributed by atoms with E-state index < -0.39 is 0 Å². The third kappa shape index (κ3) is 2.99. The predicted octanol–water partition coefficient (Wildman–Crippen LogP) is 2.60. The van der Waals surface area contributed by atoms with Gasteiger partial charge in [-0.2, -0.15) is 0 Å². The van der Waals surface area contributed by atoms with Crippen LogP contribution in [-0.2, 0) is 11.3 Å². The summed E-state index contributed by atoms with van der Waals surface area (Å²) in [6.07, 6.45) is 7.00. The first-order valence-corrected chi connectivity index (χ1v) is 7.44. The predicted molar refractivity (Wildman–Crippen MR) is 82.2 cm³/mol. The third-order valence-electron chi connectivity index (χ3n) is 3.92. The van der Waals surface area contributed by atoms with Crippen molar-refractivity contribution in [1.29, 1.82) is 0 Å². The molecule has 114 valence electrons. The highest BCUT2D eigenvalue weighted by molar-refractivity contribution is 5.94. The second kappa shape index (κ2) is 6.66. The highest BCUT2D eigenvalue weighted by Crippen LogP contribution is 2.31. The van der Waals surface area contributed by atoms with E-state index in [0.717, 1.165) is 30.6 Å². The number of nitrogens with zero attached hydrogens (tertiary/aromatic N) is 3. The molecular weight excluding hydrogens is 278 g/mol. The fourth-order valence-electron chi connectivity index (χ4n) is 2.93. The molecule has 0 unspecified atom stereocenters. The van der Waals surface area contributed by atoms with E-state index in [0.29, 0.717) is 12.2 Å². The molecule has 1 aliphatic heterocycles. The summed E-state index contributed by atoms with van der Waals surface area (Å²) in [5.74, 6) is 0.0473. The summed E-state index contributed by atoms with van der Waals surface area (Å²) in [4.78, 5) is 23.2. The van der Waals surface area contributed by atoms with Crippen molar-refractivity contribution in [2.24, 2.45) is 0 Å². The maximum atomic E-state index is 12.8. The van der Waals surface area contributed by atoms with Gasteiger partial charge >= 0.3 is 0 Å². The van der Waals surface area contributed by atoms with E-state index in [2.05, 4.69) is 9.97 Å². The molecule has 0 aliphatic carbocycles. The molecule has 1 saturated heterocycles. The maximum absolute atomic E-state index is 12.8. The van der Waals surface area contributed by atoms with Crippen LogP contribution in [-0.4, -0.2) is 34.4 Å². The number of ether oxygens (including phenoxy) is 1. The quantitative estimate of drug-likeness (QED) is 0.870. The Morgan fingerprint density at radius 2 is 2.32 bits per heavy atom. The summed E-state index contributed by atoms with van der Waals surface area (Å²) in [7, 11) is 1.65. The van der Waals surface area contributed by atoms with Gasteiger partial charge < -0.3 is 9.64 Å². The number of benzene rings is 1. The van der Waals surface area contributed by atoms with Crippen LogP contribution in [0, 0.1) is 0 Å². The highest BCUT2D eigenvalue weighted by Gasteiger charge is 2.31. The van der Waals surface area contributed by atoms with Gasteiger partial charge in [-0.25, -0.2) is 0 Å². The summed E-state index contributed by atoms with van der Waals surface area (Å²) in [6, 6.07) is 7.64. The average Bonchev–Trinajstić information content (AvgIpc) is 3.05. The van der Waals surface area contributed by atoms with Crippen LogP contribution in [0.3, 0.4) is 0 Å². The fraction of sp³-hybridized carbons (Fsp3) is 0.353. The van der Waals surface area contributed by atoms with E-state index >= 15 is 0 Å². The Balaban J connectivity index is 1.83. The molecule has 0 radical (unpaired) electrons. The van der Waals surface area contributed by atoms with Gasteiger partial charge in [0.1, 0.15) is 0 Å². The summed E-state index contributed by atoms with van der Waals surface area (Å²) in [6.45, 7) is 1.27. The molecule has 0 spiro atoms. The van der Waals surface area contributed by atoms with Crippen molar-refractivity contribution < 1.29 is 9.53 Å². The van der Waals surface area contributed by atoms with Crippen LogP contribution in [0.4, 0.5) is 0 Å². The standard InChI is InChI=1S/C17H19N3O2/c1-22-12-13-4-2-5-14(10-13)17(21)20-9-3-6-16(20)15-11-18-7-8-19-15/h2,4-5,7-8,10-11,16H,3,6,9,12H2,1H3/t16-/m0/s1. The lowest BCUT2D eigenvalue weighted by Crippen LogP contribution is -2.31. The van der Waals surface area contributed by atoms with Gasteiger partial charge in [-0.3, -0.25) is 14.8 Å². The normalized spacial score (nSPS) is 17.7. The second-order valence-electron chi connectivity index (χ2n) is 5.42. The molecule has 1 fully saturated rings. The smallest absolute Gasteiger partial charge is 0.254 e. The van der Waals surface area contributed by atoms with Gasteiger partial charge in [-0.15, -0.1) is 0 Å². The van der Waals surface area contributed by atoms with Crippen molar-refractivity contribution in [2.75, 3.05) is 13.7 Å². The van der Waals surface area contributed by atoms with Crippen LogP contribution in [0.15, 0.2) is 42.9 Å². The molecule has 1 amide bonds. The van der Waals surface area contributed by atoms with Crippen molar-refractivity contribution in [3.8, 4) is 0 Å². The first kappa shape index (κ1) is 14.7. The number of hydrogen-bond donors (Lipinski definition) is 0. The molecule has 5 nitrogen and oxygen atoms in total. The van der Waals surface area contributed by atoms with Crippen LogP contribution in [0.1, 0.15) is 40.5 Å². The lowest BCUT2D eigenvalue weighted by Gasteiger charge is -2.24. The van der Waals surface area contributed by atoms with Crippen LogP contribution in [0.2, 0.25) is 0 Å². The van der Waals surface area contributed by atoms with E-state index in [4.69, 9.17) is 4.74 Å². The minimum Gasteiger partial charge on any atom is -0.380 e. The van der Waals surface area contributed by atoms with Crippen molar-refractivity contribution in [3.63, 3.8) is 0 Å². The second-order valence-corrected chi connectivity index (χ2v) is 5.42. The Kier molecular flexibility index (Phi) is 4.44. The number of amides is 1. The summed E-state index contributed by atoms with van der Waals surface area (Å²) in [5.41, 5.74) is 2.57. The van der Waals surface area contributed by atoms with Gasteiger partial charge in [0, 0.05) is 31.6 Å². The minimum absolute atomic E-state index is 0.0206. The van der Waals surface area contributed by atoms with Gasteiger partial charge in [0.15, 0.2) is 0 Å². The van der Waals surface area contributed by atoms with Crippen LogP contribution < -0.4 is 0 Å². The maximum Gasteiger partial charge on any atom is 0.254 e. The fourth-order valence-corrected chi connectivity index (χ4v) is 2.93. The molecule has 22 heavy (non-hydrogen) atoms. The number of rotatable bonds is 4. The van der Waals surface area contributed by atoms with E-state index in [1.165, 1.54) is 0 Å². The van der Waals surface area contributed by atoms with Crippen molar-refractivity contribution in [2.45, 2.75) is 25.5 Å². The van der Waals surface area contributed by atoms with E-state index in [1.807, 2.05) is 29.2 Å². The summed E-state index contributed by atoms with van der Waals surface area (Å²) in [5, 5.41) is 0. The number of aromatic nitrogens is 2. The van der Waals surface area contributed by atoms with E-state index in [-0.39, 0.29) is 11.9 Å². The zero-order valence-corrected chi connectivity index (χ0v) is 12.6. The van der Waals surface area contributed by atoms with Gasteiger partial charge in [-0.1, -0.05) is 12.1 Å². The van der Waals surface area contributed by atoms with E-state index in [1.54, 1.807) is 25.7 Å². The van der Waals surface area contributed by atoms with Crippen molar-refractivity contribution in [1.82, 2.24) is 14.9 Å². The summed E-state index contributed by atoms with van der Waals surface area (Å²) >= 11 is 0. The molecule has 3 rings (SSSR count). The molecule has 0 N–H and O–H groups in total. The molecule has 2 aromatic rings. The lowest BCUT2D eigenvalue weighted by atomic mass is 10.1. The van der Waals surface area contributed by atoms with Gasteiger partial charge in [0.2, 0.25) is 0 Å². The molecule has 1 atom stereocenters. The van der Waals surface area contributed by atoms with Crippen molar-refractivity contribution in [3.05, 3.63) is 59.7 Å². The zero-order valence-electron chi connectivity index (χ0n) is 12.6. The average molecular weight is 297 g/mol. The van der Waals surface area contributed by atoms with Gasteiger partial charge in [0.25, 0.3) is 5.91 Å². The SMILES string of the molecule is COCc1cccc(C(=O)N2CCC[C@H]2c2cnccn2)c1. The number of hydrogen-bond acceptors (Lipinski definition) is 4. The Morgan fingerprint density at radius 3 is 3.09 bits per heavy atom. The molecular formula is C17H19N3O2. The monoisotopic (exact) mass is 297 g/mol. The van der Waals surface area contributed by atoms with Crippen molar-refractivity contribution >= 4 is 5.91 Å². The van der Waals surface area contributed by atoms with E-state index in [9.17, 15) is 4.79 Å². The third-order valence-corrected chi connectivity index (χ3v) is 3.92. The minimum atomic E-state index is 0.0206. The first-order valence-electron chi connectivity index (χ1n) is 7.44. The number of carbonyl (C=O) groups excluding carboxylic acids is 1.